The van der Waals surface area contributed by atoms with Crippen LogP contribution in [0.1, 0.15) is 18.1 Å². The number of nitro groups is 1. The Morgan fingerprint density at radius 1 is 1.19 bits per heavy atom. The molecule has 0 aliphatic heterocycles. The van der Waals surface area contributed by atoms with Gasteiger partial charge in [0.1, 0.15) is 6.61 Å². The topological polar surface area (TPSA) is 98.9 Å². The van der Waals surface area contributed by atoms with Crippen LogP contribution < -0.4 is 56.1 Å². The Hall–Kier alpha value is -1.71. The molecule has 0 saturated carbocycles. The average molecular weight is 382 g/mol. The molecule has 0 aromatic heterocycles. The maximum atomic E-state index is 11.5. The maximum Gasteiger partial charge on any atom is 1.00 e. The zero-order valence-electron chi connectivity index (χ0n) is 14.5. The summed E-state index contributed by atoms with van der Waals surface area (Å²) in [5.41, 5.74) is 0.558. The fraction of sp³-hybridized carbons (Fsp3) is 0.167. The Morgan fingerprint density at radius 2 is 1.88 bits per heavy atom. The fourth-order valence-electron chi connectivity index (χ4n) is 2.11. The zero-order valence-corrected chi connectivity index (χ0v) is 17.7. The summed E-state index contributed by atoms with van der Waals surface area (Å²) in [6, 6.07) is 13.6. The third-order valence-corrected chi connectivity index (χ3v) is 3.23. The Bertz CT molecular complexity index is 792. The summed E-state index contributed by atoms with van der Waals surface area (Å²) in [4.78, 5) is 22.3. The first kappa shape index (κ1) is 22.3. The van der Waals surface area contributed by atoms with E-state index >= 15 is 0 Å². The molecule has 0 heterocycles. The van der Waals surface area contributed by atoms with Crippen LogP contribution in [0.25, 0.3) is 6.08 Å². The normalized spacial score (nSPS) is 10.6. The number of carbonyl (C=O) groups excluding carboxylic acids is 1. The Morgan fingerprint density at radius 3 is 2.50 bits per heavy atom. The molecular weight excluding hydrogens is 365 g/mol. The van der Waals surface area contributed by atoms with Gasteiger partial charge in [0.25, 0.3) is 0 Å². The van der Waals surface area contributed by atoms with Gasteiger partial charge >= 0.3 is 63.0 Å². The van der Waals surface area contributed by atoms with E-state index in [1.807, 2.05) is 30.3 Å². The Balaban J connectivity index is 0.00000338. The molecule has 0 aliphatic carbocycles. The van der Waals surface area contributed by atoms with Crippen molar-refractivity contribution in [2.45, 2.75) is 13.5 Å². The van der Waals surface area contributed by atoms with Crippen LogP contribution in [0.4, 0.5) is 5.69 Å². The van der Waals surface area contributed by atoms with Gasteiger partial charge in [-0.1, -0.05) is 36.4 Å². The second-order valence-electron chi connectivity index (χ2n) is 4.98. The molecule has 130 valence electrons. The van der Waals surface area contributed by atoms with E-state index in [-0.39, 0.29) is 81.6 Å². The summed E-state index contributed by atoms with van der Waals surface area (Å²) in [7, 11) is 0. The van der Waals surface area contributed by atoms with Crippen molar-refractivity contribution in [3.8, 4) is 5.75 Å². The number of nitro benzene ring substituents is 1. The van der Waals surface area contributed by atoms with Crippen LogP contribution in [0.3, 0.4) is 0 Å². The molecule has 2 rings (SSSR count). The summed E-state index contributed by atoms with van der Waals surface area (Å²) in [5, 5.41) is 21.2. The first-order chi connectivity index (χ1) is 12.0. The van der Waals surface area contributed by atoms with Crippen molar-refractivity contribution in [2.24, 2.45) is 0 Å². The molecule has 0 saturated heterocycles. The van der Waals surface area contributed by atoms with Crippen LogP contribution in [0, 0.1) is 10.1 Å². The number of hydrogen-bond acceptors (Lipinski definition) is 6. The van der Waals surface area contributed by atoms with Crippen molar-refractivity contribution in [3.05, 3.63) is 75.5 Å². The minimum absolute atomic E-state index is 0. The van der Waals surface area contributed by atoms with E-state index in [0.717, 1.165) is 11.6 Å². The van der Waals surface area contributed by atoms with Gasteiger partial charge in [-0.2, -0.15) is 0 Å². The molecule has 0 fully saturated rings. The second-order valence-corrected chi connectivity index (χ2v) is 4.98. The number of rotatable bonds is 7. The summed E-state index contributed by atoms with van der Waals surface area (Å²) in [5.74, 6) is -1.63. The number of esters is 1. The second kappa shape index (κ2) is 11.1. The van der Waals surface area contributed by atoms with Gasteiger partial charge in [0.05, 0.1) is 17.1 Å². The SMILES string of the molecule is CCOC(=O)C(O)=Cc1cccc(OCc2ccccc2)c1[N+](=O)[O-].[K+]. The van der Waals surface area contributed by atoms with E-state index in [1.165, 1.54) is 18.2 Å². The quantitative estimate of drug-likeness (QED) is 0.188. The Kier molecular flexibility index (Phi) is 9.53. The van der Waals surface area contributed by atoms with Gasteiger partial charge in [0, 0.05) is 6.08 Å². The number of nitrogens with zero attached hydrogens (tertiary/aromatic N) is 1. The fourth-order valence-corrected chi connectivity index (χ4v) is 2.11. The van der Waals surface area contributed by atoms with Gasteiger partial charge in [-0.05, 0) is 24.6 Å². The van der Waals surface area contributed by atoms with Crippen molar-refractivity contribution >= 4 is 17.7 Å². The van der Waals surface area contributed by atoms with Gasteiger partial charge in [0.15, 0.2) is 5.75 Å². The van der Waals surface area contributed by atoms with E-state index in [9.17, 15) is 20.0 Å². The zero-order chi connectivity index (χ0) is 18.2. The summed E-state index contributed by atoms with van der Waals surface area (Å²) in [6.07, 6.45) is 0.992. The average Bonchev–Trinajstić information content (AvgIpc) is 2.60. The van der Waals surface area contributed by atoms with Crippen molar-refractivity contribution in [1.29, 1.82) is 0 Å². The number of ether oxygens (including phenoxy) is 2. The predicted octanol–water partition coefficient (Wildman–Crippen LogP) is 0.640. The molecule has 0 unspecified atom stereocenters. The molecule has 0 atom stereocenters. The van der Waals surface area contributed by atoms with E-state index in [0.29, 0.717) is 0 Å². The van der Waals surface area contributed by atoms with Gasteiger partial charge < -0.3 is 14.6 Å². The minimum Gasteiger partial charge on any atom is -0.502 e. The number of para-hydroxylation sites is 1. The smallest absolute Gasteiger partial charge is 0.502 e. The van der Waals surface area contributed by atoms with E-state index < -0.39 is 16.7 Å². The number of benzene rings is 2. The molecule has 0 bridgehead atoms. The minimum atomic E-state index is -0.951. The molecule has 2 aromatic rings. The van der Waals surface area contributed by atoms with Crippen LogP contribution in [-0.4, -0.2) is 22.6 Å². The van der Waals surface area contributed by atoms with Crippen LogP contribution >= 0.6 is 0 Å². The van der Waals surface area contributed by atoms with E-state index in [2.05, 4.69) is 4.74 Å². The number of hydrogen-bond donors (Lipinski definition) is 1. The van der Waals surface area contributed by atoms with Gasteiger partial charge in [-0.25, -0.2) is 4.79 Å². The largest absolute Gasteiger partial charge is 1.00 e. The predicted molar refractivity (Wildman–Crippen MR) is 91.1 cm³/mol. The Labute approximate surface area is 193 Å². The third kappa shape index (κ3) is 6.22. The molecule has 1 N–H and O–H groups in total. The van der Waals surface area contributed by atoms with Crippen LogP contribution in [0.5, 0.6) is 5.75 Å². The molecule has 0 amide bonds. The van der Waals surface area contributed by atoms with Crippen molar-refractivity contribution in [2.75, 3.05) is 6.61 Å². The molecule has 26 heavy (non-hydrogen) atoms. The van der Waals surface area contributed by atoms with Crippen molar-refractivity contribution < 1.29 is 75.7 Å². The summed E-state index contributed by atoms with van der Waals surface area (Å²) in [6.45, 7) is 1.82. The van der Waals surface area contributed by atoms with E-state index in [4.69, 9.17) is 4.74 Å². The summed E-state index contributed by atoms with van der Waals surface area (Å²) < 4.78 is 10.2. The number of aliphatic hydroxyl groups excluding tert-OH is 1. The van der Waals surface area contributed by atoms with Gasteiger partial charge in [-0.15, -0.1) is 0 Å². The molecule has 0 aliphatic rings. The number of carbonyl (C=O) groups is 1. The summed E-state index contributed by atoms with van der Waals surface area (Å²) >= 11 is 0. The third-order valence-electron chi connectivity index (χ3n) is 3.23. The molecule has 0 radical (unpaired) electrons. The first-order valence-corrected chi connectivity index (χ1v) is 7.54. The monoisotopic (exact) mass is 382 g/mol. The molecule has 8 heteroatoms. The standard InChI is InChI=1S/C18H17NO6.K/c1-2-24-18(21)15(20)11-14-9-6-10-16(17(14)19(22)23)25-12-13-7-4-3-5-8-13;/h3-11,20H,2,12H2,1H3;/q;+1. The maximum absolute atomic E-state index is 11.5. The first-order valence-electron chi connectivity index (χ1n) is 7.54. The van der Waals surface area contributed by atoms with Gasteiger partial charge in [0.2, 0.25) is 5.76 Å². The van der Waals surface area contributed by atoms with Crippen LogP contribution in [0.2, 0.25) is 0 Å². The number of aliphatic hydroxyl groups is 1. The van der Waals surface area contributed by atoms with E-state index in [1.54, 1.807) is 6.92 Å². The molecule has 2 aromatic carbocycles. The van der Waals surface area contributed by atoms with Crippen LogP contribution in [0.15, 0.2) is 54.3 Å². The molecular formula is C18H17KNO6+. The van der Waals surface area contributed by atoms with Crippen LogP contribution in [-0.2, 0) is 16.1 Å². The molecule has 0 spiro atoms. The van der Waals surface area contributed by atoms with Crippen molar-refractivity contribution in [1.82, 2.24) is 0 Å². The molecule has 7 nitrogen and oxygen atoms in total. The van der Waals surface area contributed by atoms with Crippen molar-refractivity contribution in [3.63, 3.8) is 0 Å². The van der Waals surface area contributed by atoms with Gasteiger partial charge in [-0.3, -0.25) is 10.1 Å².